The number of amides is 1. The number of para-hydroxylation sites is 1. The zero-order valence-corrected chi connectivity index (χ0v) is 11.2. The molecule has 2 aromatic carbocycles. The number of anilines is 1. The lowest BCUT2D eigenvalue weighted by Crippen LogP contribution is -1.96. The van der Waals surface area contributed by atoms with E-state index in [4.69, 9.17) is 0 Å². The maximum Gasteiger partial charge on any atom is 0.211 e. The molecule has 1 aromatic heterocycles. The lowest BCUT2D eigenvalue weighted by atomic mass is 10.1. The maximum atomic E-state index is 10.5. The van der Waals surface area contributed by atoms with Gasteiger partial charge in [0.2, 0.25) is 6.41 Å². The van der Waals surface area contributed by atoms with E-state index in [9.17, 15) is 4.79 Å². The first-order chi connectivity index (χ1) is 9.28. The fraction of sp³-hybridized carbons (Fsp3) is 0.0667. The summed E-state index contributed by atoms with van der Waals surface area (Å²) in [5.74, 6) is 0. The predicted molar refractivity (Wildman–Crippen MR) is 79.5 cm³/mol. The van der Waals surface area contributed by atoms with Gasteiger partial charge in [-0.25, -0.2) is 4.98 Å². The summed E-state index contributed by atoms with van der Waals surface area (Å²) in [6.45, 7) is 1.97. The average Bonchev–Trinajstić information content (AvgIpc) is 2.85. The van der Waals surface area contributed by atoms with Gasteiger partial charge in [-0.3, -0.25) is 4.79 Å². The second kappa shape index (κ2) is 4.82. The van der Waals surface area contributed by atoms with Crippen LogP contribution in [0.4, 0.5) is 5.69 Å². The van der Waals surface area contributed by atoms with Crippen molar-refractivity contribution in [2.75, 3.05) is 5.32 Å². The van der Waals surface area contributed by atoms with Crippen molar-refractivity contribution in [3.63, 3.8) is 0 Å². The van der Waals surface area contributed by atoms with Crippen LogP contribution in [0.2, 0.25) is 0 Å². The summed E-state index contributed by atoms with van der Waals surface area (Å²) in [4.78, 5) is 15.1. The number of fused-ring (bicyclic) bond motifs is 1. The first kappa shape index (κ1) is 11.9. The first-order valence-electron chi connectivity index (χ1n) is 5.95. The van der Waals surface area contributed by atoms with Gasteiger partial charge >= 0.3 is 0 Å². The molecule has 0 fully saturated rings. The van der Waals surface area contributed by atoms with E-state index in [-0.39, 0.29) is 0 Å². The van der Waals surface area contributed by atoms with Gasteiger partial charge in [0.15, 0.2) is 0 Å². The van der Waals surface area contributed by atoms with E-state index < -0.39 is 0 Å². The van der Waals surface area contributed by atoms with Crippen molar-refractivity contribution in [2.45, 2.75) is 6.92 Å². The van der Waals surface area contributed by atoms with Gasteiger partial charge in [0.25, 0.3) is 0 Å². The number of carbonyl (C=O) groups excluding carboxylic acids is 1. The fourth-order valence-electron chi connectivity index (χ4n) is 2.02. The Morgan fingerprint density at radius 2 is 2.05 bits per heavy atom. The number of aromatic nitrogens is 1. The van der Waals surface area contributed by atoms with Gasteiger partial charge in [-0.15, -0.1) is 11.3 Å². The van der Waals surface area contributed by atoms with Crippen molar-refractivity contribution in [3.8, 4) is 10.6 Å². The number of carbonyl (C=O) groups is 1. The molecule has 3 nitrogen and oxygen atoms in total. The molecule has 0 saturated heterocycles. The molecule has 0 saturated carbocycles. The van der Waals surface area contributed by atoms with E-state index in [2.05, 4.69) is 16.4 Å². The monoisotopic (exact) mass is 268 g/mol. The second-order valence-electron chi connectivity index (χ2n) is 4.28. The Labute approximate surface area is 114 Å². The molecule has 0 aliphatic rings. The summed E-state index contributed by atoms with van der Waals surface area (Å²) in [5.41, 5.74) is 3.97. The van der Waals surface area contributed by atoms with Crippen LogP contribution in [-0.2, 0) is 4.79 Å². The molecule has 0 radical (unpaired) electrons. The highest BCUT2D eigenvalue weighted by Crippen LogP contribution is 2.31. The lowest BCUT2D eigenvalue weighted by Gasteiger charge is -2.05. The van der Waals surface area contributed by atoms with Crippen molar-refractivity contribution < 1.29 is 4.79 Å². The van der Waals surface area contributed by atoms with Crippen molar-refractivity contribution >= 4 is 33.7 Å². The van der Waals surface area contributed by atoms with Gasteiger partial charge < -0.3 is 5.32 Å². The van der Waals surface area contributed by atoms with Crippen molar-refractivity contribution in [3.05, 3.63) is 48.0 Å². The molecule has 0 bridgehead atoms. The van der Waals surface area contributed by atoms with E-state index in [1.54, 1.807) is 11.3 Å². The van der Waals surface area contributed by atoms with Crippen molar-refractivity contribution in [1.29, 1.82) is 0 Å². The van der Waals surface area contributed by atoms with Gasteiger partial charge in [0.05, 0.1) is 10.2 Å². The standard InChI is InChI=1S/C15H12N2OS/c1-10-8-11(6-7-12(10)16-9-18)15-17-13-4-2-3-5-14(13)19-15/h2-9H,1H3,(H,16,18). The second-order valence-corrected chi connectivity index (χ2v) is 5.31. The largest absolute Gasteiger partial charge is 0.328 e. The molecule has 94 valence electrons. The summed E-state index contributed by atoms with van der Waals surface area (Å²) in [6.07, 6.45) is 0.694. The van der Waals surface area contributed by atoms with Gasteiger partial charge in [-0.1, -0.05) is 12.1 Å². The molecule has 0 aliphatic carbocycles. The highest BCUT2D eigenvalue weighted by Gasteiger charge is 2.07. The van der Waals surface area contributed by atoms with Crippen LogP contribution in [0, 0.1) is 6.92 Å². The van der Waals surface area contributed by atoms with Crippen LogP contribution in [-0.4, -0.2) is 11.4 Å². The van der Waals surface area contributed by atoms with Crippen LogP contribution in [0.1, 0.15) is 5.56 Å². The van der Waals surface area contributed by atoms with Crippen LogP contribution < -0.4 is 5.32 Å². The predicted octanol–water partition coefficient (Wildman–Crippen LogP) is 3.84. The molecule has 0 aliphatic heterocycles. The summed E-state index contributed by atoms with van der Waals surface area (Å²) < 4.78 is 1.19. The first-order valence-corrected chi connectivity index (χ1v) is 6.76. The Kier molecular flexibility index (Phi) is 3.01. The minimum Gasteiger partial charge on any atom is -0.328 e. The van der Waals surface area contributed by atoms with Crippen LogP contribution in [0.3, 0.4) is 0 Å². The molecule has 19 heavy (non-hydrogen) atoms. The summed E-state index contributed by atoms with van der Waals surface area (Å²) in [7, 11) is 0. The highest BCUT2D eigenvalue weighted by atomic mass is 32.1. The summed E-state index contributed by atoms with van der Waals surface area (Å²) in [5, 5.41) is 3.69. The van der Waals surface area contributed by atoms with Crippen molar-refractivity contribution in [2.24, 2.45) is 0 Å². The fourth-order valence-corrected chi connectivity index (χ4v) is 2.98. The molecule has 3 rings (SSSR count). The third kappa shape index (κ3) is 2.22. The molecular weight excluding hydrogens is 256 g/mol. The third-order valence-electron chi connectivity index (χ3n) is 2.98. The van der Waals surface area contributed by atoms with Gasteiger partial charge in [-0.05, 0) is 42.8 Å². The number of rotatable bonds is 3. The number of benzene rings is 2. The Bertz CT molecular complexity index is 716. The smallest absolute Gasteiger partial charge is 0.211 e. The van der Waals surface area contributed by atoms with Crippen LogP contribution in [0.25, 0.3) is 20.8 Å². The van der Waals surface area contributed by atoms with Crippen LogP contribution in [0.15, 0.2) is 42.5 Å². The molecule has 0 unspecified atom stereocenters. The number of aryl methyl sites for hydroxylation is 1. The minimum absolute atomic E-state index is 0.694. The van der Waals surface area contributed by atoms with Gasteiger partial charge in [-0.2, -0.15) is 0 Å². The molecule has 1 amide bonds. The topological polar surface area (TPSA) is 42.0 Å². The molecule has 0 atom stereocenters. The highest BCUT2D eigenvalue weighted by molar-refractivity contribution is 7.21. The summed E-state index contributed by atoms with van der Waals surface area (Å²) >= 11 is 1.68. The van der Waals surface area contributed by atoms with E-state index in [0.717, 1.165) is 27.3 Å². The molecule has 4 heteroatoms. The molecule has 1 N–H and O–H groups in total. The van der Waals surface area contributed by atoms with E-state index >= 15 is 0 Å². The Morgan fingerprint density at radius 3 is 2.79 bits per heavy atom. The molecular formula is C15H12N2OS. The van der Waals surface area contributed by atoms with Gasteiger partial charge in [0.1, 0.15) is 5.01 Å². The Morgan fingerprint density at radius 1 is 1.21 bits per heavy atom. The Hall–Kier alpha value is -2.20. The number of nitrogens with zero attached hydrogens (tertiary/aromatic N) is 1. The van der Waals surface area contributed by atoms with Crippen LogP contribution in [0.5, 0.6) is 0 Å². The SMILES string of the molecule is Cc1cc(-c2nc3ccccc3s2)ccc1NC=O. The summed E-state index contributed by atoms with van der Waals surface area (Å²) in [6, 6.07) is 14.0. The number of nitrogens with one attached hydrogen (secondary N) is 1. The Balaban J connectivity index is 2.06. The molecule has 0 spiro atoms. The molecule has 3 aromatic rings. The van der Waals surface area contributed by atoms with Gasteiger partial charge in [0, 0.05) is 11.3 Å². The van der Waals surface area contributed by atoms with E-state index in [1.807, 2.05) is 43.3 Å². The molecule has 1 heterocycles. The zero-order chi connectivity index (χ0) is 13.2. The van der Waals surface area contributed by atoms with Crippen LogP contribution >= 0.6 is 11.3 Å². The number of hydrogen-bond donors (Lipinski definition) is 1. The van der Waals surface area contributed by atoms with E-state index in [0.29, 0.717) is 6.41 Å². The normalized spacial score (nSPS) is 10.6. The van der Waals surface area contributed by atoms with Crippen molar-refractivity contribution in [1.82, 2.24) is 4.98 Å². The third-order valence-corrected chi connectivity index (χ3v) is 4.07. The average molecular weight is 268 g/mol. The quantitative estimate of drug-likeness (QED) is 0.733. The van der Waals surface area contributed by atoms with E-state index in [1.165, 1.54) is 4.70 Å². The number of hydrogen-bond acceptors (Lipinski definition) is 3. The minimum atomic E-state index is 0.694. The maximum absolute atomic E-state index is 10.5. The number of thiazole rings is 1. The zero-order valence-electron chi connectivity index (χ0n) is 10.4. The lowest BCUT2D eigenvalue weighted by molar-refractivity contribution is -0.105.